The Morgan fingerprint density at radius 3 is 2.42 bits per heavy atom. The van der Waals surface area contributed by atoms with Gasteiger partial charge < -0.3 is 14.6 Å². The van der Waals surface area contributed by atoms with Gasteiger partial charge in [-0.25, -0.2) is 9.78 Å². The average Bonchev–Trinajstić information content (AvgIpc) is 3.27. The molecule has 0 aliphatic heterocycles. The number of anilines is 1. The molecule has 0 bridgehead atoms. The molecule has 162 valence electrons. The van der Waals surface area contributed by atoms with Gasteiger partial charge in [0.1, 0.15) is 5.82 Å². The predicted molar refractivity (Wildman–Crippen MR) is 120 cm³/mol. The lowest BCUT2D eigenvalue weighted by Crippen LogP contribution is -2.09. The number of carbonyl (C=O) groups is 2. The molecule has 8 nitrogen and oxygen atoms in total. The smallest absolute Gasteiger partial charge is 0.340 e. The zero-order valence-corrected chi connectivity index (χ0v) is 18.4. The van der Waals surface area contributed by atoms with Gasteiger partial charge in [0.2, 0.25) is 5.91 Å². The second-order valence-corrected chi connectivity index (χ2v) is 7.07. The lowest BCUT2D eigenvalue weighted by atomic mass is 10.1. The Bertz CT molecular complexity index is 1120. The van der Waals surface area contributed by atoms with Gasteiger partial charge in [0.25, 0.3) is 0 Å². The number of rotatable bonds is 7. The van der Waals surface area contributed by atoms with E-state index in [-0.39, 0.29) is 11.9 Å². The first-order valence-electron chi connectivity index (χ1n) is 10.2. The molecule has 3 rings (SSSR count). The predicted octanol–water partition coefficient (Wildman–Crippen LogP) is 4.05. The van der Waals surface area contributed by atoms with Crippen LogP contribution in [-0.4, -0.2) is 38.2 Å². The highest BCUT2D eigenvalue weighted by molar-refractivity contribution is 6.04. The van der Waals surface area contributed by atoms with E-state index >= 15 is 0 Å². The van der Waals surface area contributed by atoms with Crippen LogP contribution in [0.15, 0.2) is 30.3 Å². The second kappa shape index (κ2) is 9.42. The quantitative estimate of drug-likeness (QED) is 0.443. The van der Waals surface area contributed by atoms with Crippen LogP contribution in [0.2, 0.25) is 0 Å². The van der Waals surface area contributed by atoms with Gasteiger partial charge >= 0.3 is 5.97 Å². The van der Waals surface area contributed by atoms with Crippen LogP contribution in [0.5, 0.6) is 0 Å². The number of carbonyl (C=O) groups excluding carboxylic acids is 2. The molecule has 1 amide bonds. The van der Waals surface area contributed by atoms with Gasteiger partial charge in [0.15, 0.2) is 5.82 Å². The molecule has 0 aliphatic rings. The molecule has 0 radical (unpaired) electrons. The highest BCUT2D eigenvalue weighted by Crippen LogP contribution is 2.25. The van der Waals surface area contributed by atoms with Gasteiger partial charge in [-0.3, -0.25) is 9.89 Å². The van der Waals surface area contributed by atoms with Crippen LogP contribution < -0.4 is 5.32 Å². The van der Waals surface area contributed by atoms with E-state index < -0.39 is 0 Å². The summed E-state index contributed by atoms with van der Waals surface area (Å²) in [5.74, 6) is 0.668. The molecule has 8 heteroatoms. The Kier molecular flexibility index (Phi) is 6.69. The Morgan fingerprint density at radius 2 is 1.84 bits per heavy atom. The molecular weight excluding hydrogens is 394 g/mol. The standard InChI is InChI=1S/C23H27N5O3/c1-6-28-14(3)19(21(15(28)4)23(30)31-7-2)12-13-20(29)25-18-10-8-17(9-11-18)22-24-16(5)26-27-22/h8-13H,6-7H2,1-5H3,(H,25,29)(H,24,26,27)/b13-12+. The number of H-pyrrole nitrogens is 1. The number of esters is 1. The third-order valence-corrected chi connectivity index (χ3v) is 5.04. The van der Waals surface area contributed by atoms with Crippen molar-refractivity contribution < 1.29 is 14.3 Å². The zero-order valence-electron chi connectivity index (χ0n) is 18.4. The maximum absolute atomic E-state index is 12.5. The summed E-state index contributed by atoms with van der Waals surface area (Å²) in [6.45, 7) is 10.5. The van der Waals surface area contributed by atoms with Crippen molar-refractivity contribution in [2.24, 2.45) is 0 Å². The van der Waals surface area contributed by atoms with Crippen molar-refractivity contribution in [3.8, 4) is 11.4 Å². The Hall–Kier alpha value is -3.68. The van der Waals surface area contributed by atoms with E-state index in [1.165, 1.54) is 6.08 Å². The number of ether oxygens (including phenoxy) is 1. The number of amides is 1. The maximum atomic E-state index is 12.5. The number of benzene rings is 1. The monoisotopic (exact) mass is 421 g/mol. The summed E-state index contributed by atoms with van der Waals surface area (Å²) in [6, 6.07) is 7.27. The zero-order chi connectivity index (χ0) is 22.5. The highest BCUT2D eigenvalue weighted by Gasteiger charge is 2.22. The van der Waals surface area contributed by atoms with Gasteiger partial charge in [0.05, 0.1) is 12.2 Å². The fourth-order valence-corrected chi connectivity index (χ4v) is 3.56. The van der Waals surface area contributed by atoms with Gasteiger partial charge in [-0.15, -0.1) is 0 Å². The first-order chi connectivity index (χ1) is 14.8. The maximum Gasteiger partial charge on any atom is 0.340 e. The fourth-order valence-electron chi connectivity index (χ4n) is 3.56. The van der Waals surface area contributed by atoms with Crippen molar-refractivity contribution in [2.75, 3.05) is 11.9 Å². The van der Waals surface area contributed by atoms with Crippen molar-refractivity contribution >= 4 is 23.6 Å². The topological polar surface area (TPSA) is 102 Å². The molecule has 2 aromatic heterocycles. The molecule has 0 unspecified atom stereocenters. The van der Waals surface area contributed by atoms with E-state index in [4.69, 9.17) is 4.74 Å². The van der Waals surface area contributed by atoms with Crippen LogP contribution in [0.25, 0.3) is 17.5 Å². The number of hydrogen-bond acceptors (Lipinski definition) is 5. The van der Waals surface area contributed by atoms with Crippen molar-refractivity contribution in [2.45, 2.75) is 41.2 Å². The Balaban J connectivity index is 1.77. The summed E-state index contributed by atoms with van der Waals surface area (Å²) in [6.07, 6.45) is 3.10. The van der Waals surface area contributed by atoms with Crippen LogP contribution in [0.3, 0.4) is 0 Å². The van der Waals surface area contributed by atoms with Gasteiger partial charge in [0, 0.05) is 40.8 Å². The fraction of sp³-hybridized carbons (Fsp3) is 0.304. The summed E-state index contributed by atoms with van der Waals surface area (Å²) in [7, 11) is 0. The highest BCUT2D eigenvalue weighted by atomic mass is 16.5. The molecule has 0 fully saturated rings. The number of aryl methyl sites for hydroxylation is 1. The minimum absolute atomic E-state index is 0.293. The summed E-state index contributed by atoms with van der Waals surface area (Å²) in [5, 5.41) is 9.76. The van der Waals surface area contributed by atoms with Crippen LogP contribution in [0.4, 0.5) is 5.69 Å². The number of aromatic nitrogens is 4. The molecular formula is C23H27N5O3. The van der Waals surface area contributed by atoms with E-state index in [0.29, 0.717) is 29.2 Å². The first-order valence-corrected chi connectivity index (χ1v) is 10.2. The summed E-state index contributed by atoms with van der Waals surface area (Å²) < 4.78 is 7.25. The third-order valence-electron chi connectivity index (χ3n) is 5.04. The van der Waals surface area contributed by atoms with Crippen LogP contribution in [0.1, 0.15) is 47.0 Å². The molecule has 1 aromatic carbocycles. The van der Waals surface area contributed by atoms with Crippen molar-refractivity contribution in [1.29, 1.82) is 0 Å². The largest absolute Gasteiger partial charge is 0.462 e. The summed E-state index contributed by atoms with van der Waals surface area (Å²) >= 11 is 0. The van der Waals surface area contributed by atoms with E-state index in [1.54, 1.807) is 25.1 Å². The Morgan fingerprint density at radius 1 is 1.13 bits per heavy atom. The van der Waals surface area contributed by atoms with Gasteiger partial charge in [-0.05, 0) is 65.0 Å². The SMILES string of the molecule is CCOC(=O)c1c(/C=C/C(=O)Nc2ccc(-c3n[nH]c(C)n3)cc2)c(C)n(CC)c1C. The lowest BCUT2D eigenvalue weighted by Gasteiger charge is -2.05. The number of nitrogens with one attached hydrogen (secondary N) is 2. The molecule has 2 heterocycles. The normalized spacial score (nSPS) is 11.1. The number of nitrogens with zero attached hydrogens (tertiary/aromatic N) is 3. The molecule has 0 atom stereocenters. The van der Waals surface area contributed by atoms with Gasteiger partial charge in [-0.2, -0.15) is 5.10 Å². The second-order valence-electron chi connectivity index (χ2n) is 7.07. The molecule has 31 heavy (non-hydrogen) atoms. The number of aromatic amines is 1. The molecule has 0 saturated carbocycles. The molecule has 0 aliphatic carbocycles. The van der Waals surface area contributed by atoms with Crippen LogP contribution >= 0.6 is 0 Å². The molecule has 3 aromatic rings. The first kappa shape index (κ1) is 22.0. The molecule has 0 spiro atoms. The molecule has 2 N–H and O–H groups in total. The van der Waals surface area contributed by atoms with E-state index in [0.717, 1.165) is 29.3 Å². The van der Waals surface area contributed by atoms with Crippen molar-refractivity contribution in [1.82, 2.24) is 19.7 Å². The van der Waals surface area contributed by atoms with Crippen LogP contribution in [-0.2, 0) is 16.1 Å². The average molecular weight is 422 g/mol. The minimum Gasteiger partial charge on any atom is -0.462 e. The number of hydrogen-bond donors (Lipinski definition) is 2. The van der Waals surface area contributed by atoms with Crippen molar-refractivity contribution in [3.63, 3.8) is 0 Å². The van der Waals surface area contributed by atoms with E-state index in [9.17, 15) is 9.59 Å². The van der Waals surface area contributed by atoms with E-state index in [1.807, 2.05) is 44.4 Å². The minimum atomic E-state index is -0.381. The van der Waals surface area contributed by atoms with Crippen LogP contribution in [0, 0.1) is 20.8 Å². The molecule has 0 saturated heterocycles. The van der Waals surface area contributed by atoms with Crippen molar-refractivity contribution in [3.05, 3.63) is 58.7 Å². The lowest BCUT2D eigenvalue weighted by molar-refractivity contribution is -0.111. The summed E-state index contributed by atoms with van der Waals surface area (Å²) in [4.78, 5) is 29.2. The van der Waals surface area contributed by atoms with E-state index in [2.05, 4.69) is 20.5 Å². The third kappa shape index (κ3) is 4.74. The van der Waals surface area contributed by atoms with Gasteiger partial charge in [-0.1, -0.05) is 0 Å². The summed E-state index contributed by atoms with van der Waals surface area (Å²) in [5.41, 5.74) is 4.44. The Labute approximate surface area is 181 Å².